The van der Waals surface area contributed by atoms with E-state index >= 15 is 0 Å². The lowest BCUT2D eigenvalue weighted by molar-refractivity contribution is 0.464. The van der Waals surface area contributed by atoms with Crippen molar-refractivity contribution in [2.24, 2.45) is 0 Å². The van der Waals surface area contributed by atoms with E-state index in [1.807, 2.05) is 30.3 Å². The summed E-state index contributed by atoms with van der Waals surface area (Å²) in [5.41, 5.74) is 2.50. The van der Waals surface area contributed by atoms with Crippen LogP contribution >= 0.6 is 11.6 Å². The molecule has 3 heteroatoms. The van der Waals surface area contributed by atoms with Crippen molar-refractivity contribution in [3.05, 3.63) is 70.2 Å². The largest absolute Gasteiger partial charge is 0.508 e. The predicted molar refractivity (Wildman–Crippen MR) is 84.3 cm³/mol. The summed E-state index contributed by atoms with van der Waals surface area (Å²) in [6.07, 6.45) is 0.662. The Morgan fingerprint density at radius 1 is 1.00 bits per heavy atom. The lowest BCUT2D eigenvalue weighted by Gasteiger charge is -2.16. The Morgan fingerprint density at radius 3 is 2.67 bits per heavy atom. The lowest BCUT2D eigenvalue weighted by Crippen LogP contribution is -1.99. The van der Waals surface area contributed by atoms with Gasteiger partial charge in [0, 0.05) is 22.1 Å². The Morgan fingerprint density at radius 2 is 1.81 bits per heavy atom. The standard InChI is InChI=1S/C18H13ClO2/c19-12-7-11-8-14(15(9-12)18(11)21)17-13-4-2-1-3-10(13)5-6-16(17)20/h1-7,9,14,20-21H,8H2. The van der Waals surface area contributed by atoms with Crippen molar-refractivity contribution in [2.75, 3.05) is 0 Å². The van der Waals surface area contributed by atoms with Crippen molar-refractivity contribution in [3.8, 4) is 11.5 Å². The zero-order valence-corrected chi connectivity index (χ0v) is 11.9. The molecule has 0 saturated heterocycles. The van der Waals surface area contributed by atoms with Crippen LogP contribution in [-0.2, 0) is 6.42 Å². The van der Waals surface area contributed by atoms with Crippen LogP contribution in [0.2, 0.25) is 5.02 Å². The maximum atomic E-state index is 10.4. The van der Waals surface area contributed by atoms with E-state index in [0.717, 1.165) is 27.5 Å². The molecule has 104 valence electrons. The fourth-order valence-electron chi connectivity index (χ4n) is 3.34. The number of hydrogen-bond acceptors (Lipinski definition) is 2. The number of aromatic hydroxyl groups is 2. The summed E-state index contributed by atoms with van der Waals surface area (Å²) in [7, 11) is 0. The van der Waals surface area contributed by atoms with Crippen LogP contribution in [0.5, 0.6) is 11.5 Å². The molecule has 2 bridgehead atoms. The number of hydrogen-bond donors (Lipinski definition) is 2. The molecule has 1 aliphatic carbocycles. The molecule has 2 N–H and O–H groups in total. The highest BCUT2D eigenvalue weighted by molar-refractivity contribution is 6.30. The van der Waals surface area contributed by atoms with E-state index in [1.165, 1.54) is 0 Å². The first-order valence-corrected chi connectivity index (χ1v) is 7.25. The molecule has 1 atom stereocenters. The first kappa shape index (κ1) is 12.5. The molecule has 3 aromatic rings. The Kier molecular flexibility index (Phi) is 2.63. The number of benzene rings is 3. The SMILES string of the molecule is Oc1ccc2ccccc2c1C1Cc2cc(Cl)cc1c2O. The van der Waals surface area contributed by atoms with E-state index in [0.29, 0.717) is 17.2 Å². The van der Waals surface area contributed by atoms with E-state index < -0.39 is 0 Å². The monoisotopic (exact) mass is 296 g/mol. The van der Waals surface area contributed by atoms with Crippen LogP contribution in [0, 0.1) is 0 Å². The zero-order valence-electron chi connectivity index (χ0n) is 11.2. The van der Waals surface area contributed by atoms with Crippen LogP contribution in [0.3, 0.4) is 0 Å². The van der Waals surface area contributed by atoms with Gasteiger partial charge in [-0.2, -0.15) is 0 Å². The first-order valence-electron chi connectivity index (χ1n) is 6.87. The van der Waals surface area contributed by atoms with Crippen LogP contribution in [0.1, 0.15) is 22.6 Å². The summed E-state index contributed by atoms with van der Waals surface area (Å²) >= 11 is 6.10. The maximum Gasteiger partial charge on any atom is 0.122 e. The van der Waals surface area contributed by atoms with Crippen molar-refractivity contribution in [1.82, 2.24) is 0 Å². The molecule has 0 heterocycles. The number of phenols is 2. The third-order valence-corrected chi connectivity index (χ3v) is 4.50. The number of phenolic OH excluding ortho intramolecular Hbond substituents is 2. The molecule has 1 aliphatic rings. The molecule has 0 saturated carbocycles. The third-order valence-electron chi connectivity index (χ3n) is 4.28. The third kappa shape index (κ3) is 1.79. The van der Waals surface area contributed by atoms with E-state index in [4.69, 9.17) is 11.6 Å². The molecule has 0 aliphatic heterocycles. The number of rotatable bonds is 1. The Bertz CT molecular complexity index is 870. The Labute approximate surface area is 127 Å². The van der Waals surface area contributed by atoms with Crippen molar-refractivity contribution < 1.29 is 10.2 Å². The highest BCUT2D eigenvalue weighted by atomic mass is 35.5. The van der Waals surface area contributed by atoms with Crippen LogP contribution in [0.4, 0.5) is 0 Å². The molecule has 0 spiro atoms. The molecule has 0 radical (unpaired) electrons. The summed E-state index contributed by atoms with van der Waals surface area (Å²) in [6.45, 7) is 0. The van der Waals surface area contributed by atoms with E-state index in [1.54, 1.807) is 18.2 Å². The van der Waals surface area contributed by atoms with Crippen LogP contribution < -0.4 is 0 Å². The molecular weight excluding hydrogens is 284 g/mol. The van der Waals surface area contributed by atoms with Gasteiger partial charge in [-0.25, -0.2) is 0 Å². The van der Waals surface area contributed by atoms with Crippen LogP contribution in [0.15, 0.2) is 48.5 Å². The topological polar surface area (TPSA) is 40.5 Å². The molecule has 0 amide bonds. The highest BCUT2D eigenvalue weighted by Crippen LogP contribution is 2.49. The Balaban J connectivity index is 1.99. The van der Waals surface area contributed by atoms with Crippen molar-refractivity contribution in [3.63, 3.8) is 0 Å². The van der Waals surface area contributed by atoms with Crippen LogP contribution in [0.25, 0.3) is 10.8 Å². The van der Waals surface area contributed by atoms with Gasteiger partial charge in [-0.3, -0.25) is 0 Å². The van der Waals surface area contributed by atoms with Gasteiger partial charge >= 0.3 is 0 Å². The summed E-state index contributed by atoms with van der Waals surface area (Å²) < 4.78 is 0. The summed E-state index contributed by atoms with van der Waals surface area (Å²) in [6, 6.07) is 15.2. The fourth-order valence-corrected chi connectivity index (χ4v) is 3.59. The van der Waals surface area contributed by atoms with E-state index in [9.17, 15) is 10.2 Å². The molecule has 4 rings (SSSR count). The van der Waals surface area contributed by atoms with Crippen molar-refractivity contribution >= 4 is 22.4 Å². The van der Waals surface area contributed by atoms with Gasteiger partial charge in [-0.15, -0.1) is 0 Å². The normalized spacial score (nSPS) is 16.5. The van der Waals surface area contributed by atoms with Gasteiger partial charge in [0.05, 0.1) is 0 Å². The van der Waals surface area contributed by atoms with E-state index in [2.05, 4.69) is 0 Å². The Hall–Kier alpha value is -2.19. The molecule has 0 fully saturated rings. The maximum absolute atomic E-state index is 10.4. The van der Waals surface area contributed by atoms with Gasteiger partial charge in [-0.1, -0.05) is 41.9 Å². The second-order valence-electron chi connectivity index (χ2n) is 5.48. The van der Waals surface area contributed by atoms with Gasteiger partial charge < -0.3 is 10.2 Å². The van der Waals surface area contributed by atoms with Crippen LogP contribution in [-0.4, -0.2) is 10.2 Å². The number of halogens is 1. The fraction of sp³-hybridized carbons (Fsp3) is 0.111. The molecule has 2 nitrogen and oxygen atoms in total. The molecule has 3 aromatic carbocycles. The van der Waals surface area contributed by atoms with Gasteiger partial charge in [0.1, 0.15) is 11.5 Å². The first-order chi connectivity index (χ1) is 10.1. The average molecular weight is 297 g/mol. The molecular formula is C18H13ClO2. The van der Waals surface area contributed by atoms with Crippen molar-refractivity contribution in [2.45, 2.75) is 12.3 Å². The highest BCUT2D eigenvalue weighted by Gasteiger charge is 2.31. The summed E-state index contributed by atoms with van der Waals surface area (Å²) in [4.78, 5) is 0. The van der Waals surface area contributed by atoms with E-state index in [-0.39, 0.29) is 11.7 Å². The van der Waals surface area contributed by atoms with Gasteiger partial charge in [0.25, 0.3) is 0 Å². The average Bonchev–Trinajstić information content (AvgIpc) is 2.67. The minimum absolute atomic E-state index is 0.0569. The van der Waals surface area contributed by atoms with Gasteiger partial charge in [-0.05, 0) is 41.0 Å². The predicted octanol–water partition coefficient (Wildman–Crippen LogP) is 4.59. The molecule has 0 aromatic heterocycles. The van der Waals surface area contributed by atoms with Gasteiger partial charge in [0.15, 0.2) is 0 Å². The van der Waals surface area contributed by atoms with Crippen molar-refractivity contribution in [1.29, 1.82) is 0 Å². The number of fused-ring (bicyclic) bond motifs is 3. The zero-order chi connectivity index (χ0) is 14.6. The molecule has 1 unspecified atom stereocenters. The minimum Gasteiger partial charge on any atom is -0.508 e. The second-order valence-corrected chi connectivity index (χ2v) is 5.92. The smallest absolute Gasteiger partial charge is 0.122 e. The van der Waals surface area contributed by atoms with Gasteiger partial charge in [0.2, 0.25) is 0 Å². The quantitative estimate of drug-likeness (QED) is 0.689. The summed E-state index contributed by atoms with van der Waals surface area (Å²) in [5.74, 6) is 0.506. The minimum atomic E-state index is -0.0569. The lowest BCUT2D eigenvalue weighted by atomic mass is 9.88. The second kappa shape index (κ2) is 4.40. The summed E-state index contributed by atoms with van der Waals surface area (Å²) in [5, 5.41) is 23.3. The molecule has 21 heavy (non-hydrogen) atoms.